The zero-order chi connectivity index (χ0) is 11.0. The van der Waals surface area contributed by atoms with Gasteiger partial charge in [-0.1, -0.05) is 6.92 Å². The van der Waals surface area contributed by atoms with Crippen molar-refractivity contribution in [3.63, 3.8) is 0 Å². The summed E-state index contributed by atoms with van der Waals surface area (Å²) in [6.07, 6.45) is 1.63. The van der Waals surface area contributed by atoms with E-state index in [0.29, 0.717) is 0 Å². The van der Waals surface area contributed by atoms with Crippen LogP contribution in [-0.4, -0.2) is 33.3 Å². The number of hydrogen-bond donors (Lipinski definition) is 2. The van der Waals surface area contributed by atoms with Crippen LogP contribution in [0.15, 0.2) is 0 Å². The summed E-state index contributed by atoms with van der Waals surface area (Å²) in [5.74, 6) is 0.233. The minimum Gasteiger partial charge on any atom is -0.317 e. The van der Waals surface area contributed by atoms with Gasteiger partial charge in [0.1, 0.15) is 0 Å². The standard InChI is InChI=1S/C9H22N2O2S/c1-4-10-7-5-6-8-14(12,13)11-9(2)3/h9-11H,4-8H2,1-3H3. The number of rotatable bonds is 8. The largest absolute Gasteiger partial charge is 0.317 e. The zero-order valence-corrected chi connectivity index (χ0v) is 10.2. The molecule has 0 radical (unpaired) electrons. The Bertz CT molecular complexity index is 225. The molecular weight excluding hydrogens is 200 g/mol. The van der Waals surface area contributed by atoms with Crippen LogP contribution in [0.25, 0.3) is 0 Å². The molecule has 0 aliphatic heterocycles. The third-order valence-electron chi connectivity index (χ3n) is 1.68. The topological polar surface area (TPSA) is 58.2 Å². The Morgan fingerprint density at radius 3 is 2.36 bits per heavy atom. The smallest absolute Gasteiger partial charge is 0.211 e. The van der Waals surface area contributed by atoms with Crippen LogP contribution in [0.4, 0.5) is 0 Å². The number of sulfonamides is 1. The Labute approximate surface area is 87.5 Å². The molecule has 0 aromatic rings. The fourth-order valence-electron chi connectivity index (χ4n) is 1.14. The normalized spacial score (nSPS) is 12.3. The first-order valence-electron chi connectivity index (χ1n) is 5.18. The van der Waals surface area contributed by atoms with Gasteiger partial charge >= 0.3 is 0 Å². The first-order valence-corrected chi connectivity index (χ1v) is 6.84. The van der Waals surface area contributed by atoms with Crippen molar-refractivity contribution in [2.75, 3.05) is 18.8 Å². The van der Waals surface area contributed by atoms with Crippen LogP contribution in [0.5, 0.6) is 0 Å². The Morgan fingerprint density at radius 1 is 1.21 bits per heavy atom. The van der Waals surface area contributed by atoms with Gasteiger partial charge < -0.3 is 5.32 Å². The third-order valence-corrected chi connectivity index (χ3v) is 3.34. The second kappa shape index (κ2) is 7.20. The van der Waals surface area contributed by atoms with Gasteiger partial charge in [-0.05, 0) is 39.8 Å². The molecule has 0 bridgehead atoms. The molecule has 0 aliphatic carbocycles. The van der Waals surface area contributed by atoms with Crippen LogP contribution < -0.4 is 10.0 Å². The molecule has 0 aliphatic rings. The molecule has 0 spiro atoms. The molecule has 0 heterocycles. The number of hydrogen-bond acceptors (Lipinski definition) is 3. The number of unbranched alkanes of at least 4 members (excludes halogenated alkanes) is 1. The maximum absolute atomic E-state index is 11.3. The van der Waals surface area contributed by atoms with Crippen molar-refractivity contribution in [1.29, 1.82) is 0 Å². The predicted molar refractivity (Wildman–Crippen MR) is 59.8 cm³/mol. The van der Waals surface area contributed by atoms with Crippen LogP contribution >= 0.6 is 0 Å². The highest BCUT2D eigenvalue weighted by Gasteiger charge is 2.10. The van der Waals surface area contributed by atoms with Gasteiger partial charge in [-0.3, -0.25) is 0 Å². The molecule has 0 amide bonds. The SMILES string of the molecule is CCNCCCCS(=O)(=O)NC(C)C. The maximum Gasteiger partial charge on any atom is 0.211 e. The molecule has 0 unspecified atom stereocenters. The summed E-state index contributed by atoms with van der Waals surface area (Å²) in [5.41, 5.74) is 0. The average Bonchev–Trinajstić information content (AvgIpc) is 2.01. The minimum atomic E-state index is -3.05. The van der Waals surface area contributed by atoms with Gasteiger partial charge in [0.2, 0.25) is 10.0 Å². The summed E-state index contributed by atoms with van der Waals surface area (Å²) < 4.78 is 25.2. The van der Waals surface area contributed by atoms with Crippen molar-refractivity contribution < 1.29 is 8.42 Å². The molecule has 5 heteroatoms. The van der Waals surface area contributed by atoms with Gasteiger partial charge in [-0.2, -0.15) is 0 Å². The summed E-state index contributed by atoms with van der Waals surface area (Å²) in [5, 5.41) is 3.16. The van der Waals surface area contributed by atoms with Crippen LogP contribution in [0.1, 0.15) is 33.6 Å². The van der Waals surface area contributed by atoms with Gasteiger partial charge in [-0.25, -0.2) is 13.1 Å². The van der Waals surface area contributed by atoms with Crippen molar-refractivity contribution in [1.82, 2.24) is 10.0 Å². The van der Waals surface area contributed by atoms with E-state index in [2.05, 4.69) is 10.0 Å². The van der Waals surface area contributed by atoms with Crippen molar-refractivity contribution in [3.8, 4) is 0 Å². The van der Waals surface area contributed by atoms with E-state index >= 15 is 0 Å². The summed E-state index contributed by atoms with van der Waals surface area (Å²) in [4.78, 5) is 0. The zero-order valence-electron chi connectivity index (χ0n) is 9.34. The van der Waals surface area contributed by atoms with Crippen molar-refractivity contribution >= 4 is 10.0 Å². The van der Waals surface area contributed by atoms with E-state index in [-0.39, 0.29) is 11.8 Å². The van der Waals surface area contributed by atoms with Gasteiger partial charge in [0.05, 0.1) is 5.75 Å². The highest BCUT2D eigenvalue weighted by atomic mass is 32.2. The van der Waals surface area contributed by atoms with Crippen LogP contribution in [0.3, 0.4) is 0 Å². The molecule has 0 rings (SSSR count). The van der Waals surface area contributed by atoms with E-state index in [1.807, 2.05) is 20.8 Å². The minimum absolute atomic E-state index is 0.00577. The molecule has 0 aromatic carbocycles. The molecule has 0 atom stereocenters. The Morgan fingerprint density at radius 2 is 1.86 bits per heavy atom. The lowest BCUT2D eigenvalue weighted by Crippen LogP contribution is -2.32. The lowest BCUT2D eigenvalue weighted by Gasteiger charge is -2.09. The van der Waals surface area contributed by atoms with E-state index in [1.165, 1.54) is 0 Å². The Kier molecular flexibility index (Phi) is 7.13. The van der Waals surface area contributed by atoms with Crippen molar-refractivity contribution in [3.05, 3.63) is 0 Å². The summed E-state index contributed by atoms with van der Waals surface area (Å²) in [6.45, 7) is 7.54. The van der Waals surface area contributed by atoms with Crippen LogP contribution in [-0.2, 0) is 10.0 Å². The molecule has 0 saturated heterocycles. The molecule has 4 nitrogen and oxygen atoms in total. The monoisotopic (exact) mass is 222 g/mol. The Balaban J connectivity index is 3.56. The van der Waals surface area contributed by atoms with E-state index < -0.39 is 10.0 Å². The molecule has 0 saturated carbocycles. The van der Waals surface area contributed by atoms with Gasteiger partial charge in [0, 0.05) is 6.04 Å². The number of nitrogens with one attached hydrogen (secondary N) is 2. The molecule has 0 aromatic heterocycles. The lowest BCUT2D eigenvalue weighted by atomic mass is 10.3. The highest BCUT2D eigenvalue weighted by molar-refractivity contribution is 7.89. The third kappa shape index (κ3) is 8.47. The first kappa shape index (κ1) is 13.9. The molecular formula is C9H22N2O2S. The second-order valence-electron chi connectivity index (χ2n) is 3.65. The summed E-state index contributed by atoms with van der Waals surface area (Å²) in [7, 11) is -3.05. The molecule has 0 fully saturated rings. The summed E-state index contributed by atoms with van der Waals surface area (Å²) in [6, 6.07) is -0.00577. The molecule has 14 heavy (non-hydrogen) atoms. The van der Waals surface area contributed by atoms with Crippen molar-refractivity contribution in [2.45, 2.75) is 39.7 Å². The molecule has 2 N–H and O–H groups in total. The average molecular weight is 222 g/mol. The fourth-order valence-corrected chi connectivity index (χ4v) is 2.56. The summed E-state index contributed by atoms with van der Waals surface area (Å²) >= 11 is 0. The molecule has 86 valence electrons. The van der Waals surface area contributed by atoms with Crippen LogP contribution in [0, 0.1) is 0 Å². The van der Waals surface area contributed by atoms with E-state index in [9.17, 15) is 8.42 Å². The lowest BCUT2D eigenvalue weighted by molar-refractivity contribution is 0.563. The van der Waals surface area contributed by atoms with Crippen LogP contribution in [0.2, 0.25) is 0 Å². The second-order valence-corrected chi connectivity index (χ2v) is 5.53. The quantitative estimate of drug-likeness (QED) is 0.595. The fraction of sp³-hybridized carbons (Fsp3) is 1.00. The highest BCUT2D eigenvalue weighted by Crippen LogP contribution is 1.95. The van der Waals surface area contributed by atoms with Gasteiger partial charge in [0.15, 0.2) is 0 Å². The van der Waals surface area contributed by atoms with E-state index in [1.54, 1.807) is 0 Å². The van der Waals surface area contributed by atoms with Crippen molar-refractivity contribution in [2.24, 2.45) is 0 Å². The van der Waals surface area contributed by atoms with E-state index in [4.69, 9.17) is 0 Å². The Hall–Kier alpha value is -0.130. The first-order chi connectivity index (χ1) is 6.48. The van der Waals surface area contributed by atoms with E-state index in [0.717, 1.165) is 25.9 Å². The maximum atomic E-state index is 11.3. The van der Waals surface area contributed by atoms with Gasteiger partial charge in [-0.15, -0.1) is 0 Å². The van der Waals surface area contributed by atoms with Gasteiger partial charge in [0.25, 0.3) is 0 Å². The predicted octanol–water partition coefficient (Wildman–Crippen LogP) is 0.704.